The average molecular weight is 305 g/mol. The molecule has 1 aromatic heterocycles. The predicted octanol–water partition coefficient (Wildman–Crippen LogP) is 2.63. The number of hydrogen-bond donors (Lipinski definition) is 1. The van der Waals surface area contributed by atoms with Gasteiger partial charge in [-0.3, -0.25) is 9.48 Å². The number of carbonyl (C=O) groups excluding carboxylic acids is 1. The minimum absolute atomic E-state index is 0.0468. The van der Waals surface area contributed by atoms with E-state index < -0.39 is 0 Å². The number of hydrogen-bond acceptors (Lipinski definition) is 3. The molecule has 1 aromatic carbocycles. The van der Waals surface area contributed by atoms with Gasteiger partial charge in [0, 0.05) is 18.6 Å². The van der Waals surface area contributed by atoms with Crippen LogP contribution in [0, 0.1) is 0 Å². The van der Waals surface area contributed by atoms with Crippen LogP contribution in [-0.4, -0.2) is 27.1 Å². The van der Waals surface area contributed by atoms with E-state index in [4.69, 9.17) is 17.3 Å². The zero-order chi connectivity index (χ0) is 15.0. The lowest BCUT2D eigenvalue weighted by atomic mass is 10.0. The summed E-state index contributed by atoms with van der Waals surface area (Å²) >= 11 is 6.06. The highest BCUT2D eigenvalue weighted by Gasteiger charge is 2.32. The number of aryl methyl sites for hydroxylation is 1. The van der Waals surface area contributed by atoms with Crippen molar-refractivity contribution in [2.75, 3.05) is 12.3 Å². The standard InChI is InChI=1S/C15H17ClN4O/c1-19-14(12(17)9-18-19)15(21)20-7-3-6-13(20)10-4-2-5-11(16)8-10/h2,4-5,8-9,13H,3,6-7,17H2,1H3. The number of nitrogens with two attached hydrogens (primary N) is 1. The number of carbonyl (C=O) groups is 1. The first-order chi connectivity index (χ1) is 10.1. The lowest BCUT2D eigenvalue weighted by Gasteiger charge is -2.25. The number of likely N-dealkylation sites (tertiary alicyclic amines) is 1. The number of halogens is 1. The number of nitrogens with zero attached hydrogens (tertiary/aromatic N) is 3. The predicted molar refractivity (Wildman–Crippen MR) is 82.1 cm³/mol. The highest BCUT2D eigenvalue weighted by molar-refractivity contribution is 6.30. The molecule has 5 nitrogen and oxygen atoms in total. The van der Waals surface area contributed by atoms with Gasteiger partial charge in [-0.2, -0.15) is 5.10 Å². The average Bonchev–Trinajstić information content (AvgIpc) is 3.05. The Balaban J connectivity index is 1.93. The molecule has 1 aliphatic heterocycles. The zero-order valence-corrected chi connectivity index (χ0v) is 12.5. The summed E-state index contributed by atoms with van der Waals surface area (Å²) in [7, 11) is 1.73. The van der Waals surface area contributed by atoms with Crippen LogP contribution in [0.1, 0.15) is 34.9 Å². The normalized spacial score (nSPS) is 18.2. The van der Waals surface area contributed by atoms with Crippen molar-refractivity contribution >= 4 is 23.2 Å². The second kappa shape index (κ2) is 5.41. The van der Waals surface area contributed by atoms with Gasteiger partial charge >= 0.3 is 0 Å². The molecule has 2 N–H and O–H groups in total. The van der Waals surface area contributed by atoms with E-state index >= 15 is 0 Å². The molecule has 1 amide bonds. The summed E-state index contributed by atoms with van der Waals surface area (Å²) in [5.74, 6) is -0.0741. The Bertz CT molecular complexity index is 663. The Labute approximate surface area is 128 Å². The largest absolute Gasteiger partial charge is 0.396 e. The van der Waals surface area contributed by atoms with E-state index in [1.54, 1.807) is 7.05 Å². The molecule has 2 aromatic rings. The molecule has 110 valence electrons. The molecular formula is C15H17ClN4O. The van der Waals surface area contributed by atoms with Crippen molar-refractivity contribution in [3.8, 4) is 0 Å². The minimum Gasteiger partial charge on any atom is -0.396 e. The van der Waals surface area contributed by atoms with Gasteiger partial charge in [-0.25, -0.2) is 0 Å². The van der Waals surface area contributed by atoms with Crippen LogP contribution in [0.25, 0.3) is 0 Å². The number of nitrogen functional groups attached to an aromatic ring is 1. The van der Waals surface area contributed by atoms with Crippen LogP contribution in [-0.2, 0) is 7.05 Å². The fourth-order valence-corrected chi connectivity index (χ4v) is 3.12. The number of amides is 1. The van der Waals surface area contributed by atoms with E-state index in [-0.39, 0.29) is 11.9 Å². The maximum absolute atomic E-state index is 12.8. The quantitative estimate of drug-likeness (QED) is 0.927. The first kappa shape index (κ1) is 13.9. The van der Waals surface area contributed by atoms with E-state index in [2.05, 4.69) is 5.10 Å². The molecule has 1 unspecified atom stereocenters. The summed E-state index contributed by atoms with van der Waals surface area (Å²) in [5, 5.41) is 4.73. The molecular weight excluding hydrogens is 288 g/mol. The Morgan fingerprint density at radius 3 is 2.95 bits per heavy atom. The third kappa shape index (κ3) is 2.49. The summed E-state index contributed by atoms with van der Waals surface area (Å²) in [6, 6.07) is 7.73. The third-order valence-corrected chi connectivity index (χ3v) is 4.15. The molecule has 21 heavy (non-hydrogen) atoms. The van der Waals surface area contributed by atoms with Gasteiger partial charge < -0.3 is 10.6 Å². The minimum atomic E-state index is -0.0741. The number of anilines is 1. The number of rotatable bonds is 2. The van der Waals surface area contributed by atoms with Crippen molar-refractivity contribution in [3.05, 3.63) is 46.7 Å². The second-order valence-electron chi connectivity index (χ2n) is 5.28. The van der Waals surface area contributed by atoms with Crippen LogP contribution >= 0.6 is 11.6 Å². The van der Waals surface area contributed by atoms with Gasteiger partial charge in [-0.05, 0) is 30.5 Å². The van der Waals surface area contributed by atoms with Crippen LogP contribution < -0.4 is 5.73 Å². The second-order valence-corrected chi connectivity index (χ2v) is 5.72. The summed E-state index contributed by atoms with van der Waals surface area (Å²) in [6.45, 7) is 0.723. The highest BCUT2D eigenvalue weighted by Crippen LogP contribution is 2.34. The first-order valence-electron chi connectivity index (χ1n) is 6.92. The molecule has 6 heteroatoms. The van der Waals surface area contributed by atoms with Gasteiger partial charge in [0.1, 0.15) is 5.69 Å². The molecule has 0 aliphatic carbocycles. The highest BCUT2D eigenvalue weighted by atomic mass is 35.5. The molecule has 0 spiro atoms. The maximum Gasteiger partial charge on any atom is 0.274 e. The molecule has 1 fully saturated rings. The van der Waals surface area contributed by atoms with Crippen molar-refractivity contribution in [2.45, 2.75) is 18.9 Å². The van der Waals surface area contributed by atoms with Crippen LogP contribution in [0.5, 0.6) is 0 Å². The molecule has 1 saturated heterocycles. The third-order valence-electron chi connectivity index (χ3n) is 3.92. The summed E-state index contributed by atoms with van der Waals surface area (Å²) in [6.07, 6.45) is 3.42. The number of aromatic nitrogens is 2. The van der Waals surface area contributed by atoms with E-state index in [0.717, 1.165) is 24.9 Å². The summed E-state index contributed by atoms with van der Waals surface area (Å²) < 4.78 is 1.53. The van der Waals surface area contributed by atoms with E-state index in [9.17, 15) is 4.79 Å². The Morgan fingerprint density at radius 1 is 1.48 bits per heavy atom. The Kier molecular flexibility index (Phi) is 3.59. The van der Waals surface area contributed by atoms with Crippen LogP contribution in [0.4, 0.5) is 5.69 Å². The molecule has 0 radical (unpaired) electrons. The summed E-state index contributed by atoms with van der Waals surface area (Å²) in [4.78, 5) is 14.6. The molecule has 1 atom stereocenters. The Hall–Kier alpha value is -2.01. The van der Waals surface area contributed by atoms with Gasteiger partial charge in [0.25, 0.3) is 5.91 Å². The van der Waals surface area contributed by atoms with Gasteiger partial charge in [0.15, 0.2) is 0 Å². The first-order valence-corrected chi connectivity index (χ1v) is 7.29. The molecule has 3 rings (SSSR count). The van der Waals surface area contributed by atoms with Crippen molar-refractivity contribution in [1.29, 1.82) is 0 Å². The van der Waals surface area contributed by atoms with Crippen LogP contribution in [0.15, 0.2) is 30.5 Å². The van der Waals surface area contributed by atoms with Crippen molar-refractivity contribution in [3.63, 3.8) is 0 Å². The van der Waals surface area contributed by atoms with E-state index in [1.165, 1.54) is 10.9 Å². The van der Waals surface area contributed by atoms with Crippen LogP contribution in [0.2, 0.25) is 5.02 Å². The van der Waals surface area contributed by atoms with E-state index in [0.29, 0.717) is 16.4 Å². The SMILES string of the molecule is Cn1ncc(N)c1C(=O)N1CCCC1c1cccc(Cl)c1. The fraction of sp³-hybridized carbons (Fsp3) is 0.333. The zero-order valence-electron chi connectivity index (χ0n) is 11.8. The smallest absolute Gasteiger partial charge is 0.274 e. The topological polar surface area (TPSA) is 64.2 Å². The van der Waals surface area contributed by atoms with Gasteiger partial charge in [-0.1, -0.05) is 23.7 Å². The molecule has 2 heterocycles. The Morgan fingerprint density at radius 2 is 2.29 bits per heavy atom. The monoisotopic (exact) mass is 304 g/mol. The lowest BCUT2D eigenvalue weighted by molar-refractivity contribution is 0.0725. The van der Waals surface area contributed by atoms with Crippen molar-refractivity contribution < 1.29 is 4.79 Å². The van der Waals surface area contributed by atoms with Gasteiger partial charge in [0.2, 0.25) is 0 Å². The molecule has 0 saturated carbocycles. The van der Waals surface area contributed by atoms with Crippen molar-refractivity contribution in [2.24, 2.45) is 7.05 Å². The molecule has 1 aliphatic rings. The van der Waals surface area contributed by atoms with Crippen molar-refractivity contribution in [1.82, 2.24) is 14.7 Å². The lowest BCUT2D eigenvalue weighted by Crippen LogP contribution is -2.32. The maximum atomic E-state index is 12.8. The number of benzene rings is 1. The fourth-order valence-electron chi connectivity index (χ4n) is 2.92. The van der Waals surface area contributed by atoms with Gasteiger partial charge in [-0.15, -0.1) is 0 Å². The molecule has 0 bridgehead atoms. The van der Waals surface area contributed by atoms with Gasteiger partial charge in [0.05, 0.1) is 17.9 Å². The van der Waals surface area contributed by atoms with E-state index in [1.807, 2.05) is 29.2 Å². The van der Waals surface area contributed by atoms with Crippen LogP contribution in [0.3, 0.4) is 0 Å². The summed E-state index contributed by atoms with van der Waals surface area (Å²) in [5.41, 5.74) is 7.79.